The fourth-order valence-electron chi connectivity index (χ4n) is 2.59. The van der Waals surface area contributed by atoms with Gasteiger partial charge in [0.2, 0.25) is 0 Å². The molecule has 3 rings (SSSR count). The third kappa shape index (κ3) is 4.97. The van der Waals surface area contributed by atoms with E-state index in [0.29, 0.717) is 28.1 Å². The van der Waals surface area contributed by atoms with E-state index in [2.05, 4.69) is 10.6 Å². The topological polar surface area (TPSA) is 50.4 Å². The van der Waals surface area contributed by atoms with E-state index in [-0.39, 0.29) is 36.8 Å². The minimum atomic E-state index is -0.340. The quantitative estimate of drug-likeness (QED) is 0.610. The van der Waals surface area contributed by atoms with Crippen molar-refractivity contribution in [2.24, 2.45) is 0 Å². The summed E-state index contributed by atoms with van der Waals surface area (Å²) in [6.07, 6.45) is 0. The van der Waals surface area contributed by atoms with Crippen molar-refractivity contribution < 1.29 is 13.9 Å². The lowest BCUT2D eigenvalue weighted by Gasteiger charge is -2.12. The lowest BCUT2D eigenvalue weighted by atomic mass is 10.1. The summed E-state index contributed by atoms with van der Waals surface area (Å²) in [5, 5.41) is 6.43. The lowest BCUT2D eigenvalue weighted by Crippen LogP contribution is -2.37. The highest BCUT2D eigenvalue weighted by atomic mass is 35.5. The summed E-state index contributed by atoms with van der Waals surface area (Å²) in [6.45, 7) is 2.60. The smallest absolute Gasteiger partial charge is 0.261 e. The van der Waals surface area contributed by atoms with E-state index >= 15 is 0 Å². The Labute approximate surface area is 168 Å². The molecule has 2 N–H and O–H groups in total. The van der Waals surface area contributed by atoms with Crippen molar-refractivity contribution in [2.75, 3.05) is 13.6 Å². The Bertz CT molecular complexity index is 902. The molecule has 4 nitrogen and oxygen atoms in total. The number of carbonyl (C=O) groups excluding carboxylic acids is 1. The average molecular weight is 409 g/mol. The van der Waals surface area contributed by atoms with E-state index in [9.17, 15) is 9.18 Å². The first-order chi connectivity index (χ1) is 12.6. The van der Waals surface area contributed by atoms with Gasteiger partial charge in [-0.25, -0.2) is 4.39 Å². The summed E-state index contributed by atoms with van der Waals surface area (Å²) < 4.78 is 21.0. The van der Waals surface area contributed by atoms with Crippen LogP contribution in [0.25, 0.3) is 10.1 Å². The maximum atomic E-state index is 14.4. The zero-order chi connectivity index (χ0) is 18.5. The van der Waals surface area contributed by atoms with Crippen LogP contribution in [0.1, 0.15) is 22.2 Å². The summed E-state index contributed by atoms with van der Waals surface area (Å²) in [5.74, 6) is 0.130. The molecule has 3 aromatic rings. The molecule has 1 amide bonds. The van der Waals surface area contributed by atoms with Gasteiger partial charge in [-0.1, -0.05) is 24.3 Å². The van der Waals surface area contributed by atoms with Gasteiger partial charge in [0.25, 0.3) is 5.91 Å². The second-order valence-corrected chi connectivity index (χ2v) is 7.08. The molecule has 1 aromatic heterocycles. The van der Waals surface area contributed by atoms with Gasteiger partial charge < -0.3 is 15.4 Å². The number of fused-ring (bicyclic) bond motifs is 1. The highest BCUT2D eigenvalue weighted by Gasteiger charge is 2.21. The number of halogens is 2. The molecule has 1 atom stereocenters. The van der Waals surface area contributed by atoms with Crippen molar-refractivity contribution in [3.8, 4) is 5.75 Å². The summed E-state index contributed by atoms with van der Waals surface area (Å²) in [7, 11) is 1.84. The summed E-state index contributed by atoms with van der Waals surface area (Å²) >= 11 is 1.29. The number of para-hydroxylation sites is 1. The Morgan fingerprint density at radius 1 is 1.19 bits per heavy atom. The second kappa shape index (κ2) is 9.69. The molecular formula is C20H22ClFN2O2S. The zero-order valence-electron chi connectivity index (χ0n) is 15.1. The van der Waals surface area contributed by atoms with Crippen LogP contribution in [0.5, 0.6) is 5.75 Å². The van der Waals surface area contributed by atoms with Crippen LogP contribution < -0.4 is 15.4 Å². The molecular weight excluding hydrogens is 387 g/mol. The summed E-state index contributed by atoms with van der Waals surface area (Å²) in [6, 6.07) is 14.3. The van der Waals surface area contributed by atoms with Crippen LogP contribution in [0.3, 0.4) is 0 Å². The Morgan fingerprint density at radius 3 is 2.63 bits per heavy atom. The van der Waals surface area contributed by atoms with Gasteiger partial charge in [0.1, 0.15) is 18.2 Å². The number of hydrogen-bond donors (Lipinski definition) is 2. The first kappa shape index (κ1) is 21.2. The normalized spacial score (nSPS) is 11.7. The molecule has 0 aliphatic carbocycles. The second-order valence-electron chi connectivity index (χ2n) is 6.02. The fraction of sp³-hybridized carbons (Fsp3) is 0.250. The molecule has 0 bridgehead atoms. The van der Waals surface area contributed by atoms with Crippen LogP contribution in [-0.4, -0.2) is 25.5 Å². The summed E-state index contributed by atoms with van der Waals surface area (Å²) in [5.41, 5.74) is 0.585. The van der Waals surface area contributed by atoms with Gasteiger partial charge >= 0.3 is 0 Å². The molecule has 0 spiro atoms. The SMILES string of the molecule is CNC(C)CNC(=O)c1sc2cccc(F)c2c1COc1ccccc1.Cl. The number of benzene rings is 2. The molecule has 0 radical (unpaired) electrons. The van der Waals surface area contributed by atoms with Crippen molar-refractivity contribution in [3.05, 3.63) is 64.8 Å². The van der Waals surface area contributed by atoms with Crippen molar-refractivity contribution in [3.63, 3.8) is 0 Å². The molecule has 1 unspecified atom stereocenters. The number of rotatable bonds is 7. The molecule has 2 aromatic carbocycles. The maximum Gasteiger partial charge on any atom is 0.261 e. The standard InChI is InChI=1S/C20H21FN2O2S.ClH/c1-13(22-2)11-23-20(24)19-15(12-25-14-7-4-3-5-8-14)18-16(21)9-6-10-17(18)26-19;/h3-10,13,22H,11-12H2,1-2H3,(H,23,24);1H. The fourth-order valence-corrected chi connectivity index (χ4v) is 3.73. The Hall–Kier alpha value is -2.15. The van der Waals surface area contributed by atoms with E-state index in [0.717, 1.165) is 4.70 Å². The number of amides is 1. The monoisotopic (exact) mass is 408 g/mol. The number of likely N-dealkylation sites (N-methyl/N-ethyl adjacent to an activating group) is 1. The van der Waals surface area contributed by atoms with Gasteiger partial charge in [0, 0.05) is 28.2 Å². The number of hydrogen-bond acceptors (Lipinski definition) is 4. The highest BCUT2D eigenvalue weighted by Crippen LogP contribution is 2.34. The van der Waals surface area contributed by atoms with Crippen molar-refractivity contribution in [2.45, 2.75) is 19.6 Å². The van der Waals surface area contributed by atoms with Crippen LogP contribution in [0.15, 0.2) is 48.5 Å². The lowest BCUT2D eigenvalue weighted by molar-refractivity contribution is 0.0952. The Kier molecular flexibility index (Phi) is 7.59. The Morgan fingerprint density at radius 2 is 1.93 bits per heavy atom. The van der Waals surface area contributed by atoms with Gasteiger partial charge in [-0.15, -0.1) is 23.7 Å². The maximum absolute atomic E-state index is 14.4. The molecule has 0 aliphatic rings. The van der Waals surface area contributed by atoms with Crippen LogP contribution >= 0.6 is 23.7 Å². The van der Waals surface area contributed by atoms with Crippen molar-refractivity contribution in [1.82, 2.24) is 10.6 Å². The molecule has 27 heavy (non-hydrogen) atoms. The van der Waals surface area contributed by atoms with Crippen molar-refractivity contribution in [1.29, 1.82) is 0 Å². The van der Waals surface area contributed by atoms with Gasteiger partial charge in [-0.3, -0.25) is 4.79 Å². The van der Waals surface area contributed by atoms with Crippen LogP contribution in [0, 0.1) is 5.82 Å². The molecule has 144 valence electrons. The largest absolute Gasteiger partial charge is 0.489 e. The number of ether oxygens (including phenoxy) is 1. The summed E-state index contributed by atoms with van der Waals surface area (Å²) in [4.78, 5) is 13.2. The average Bonchev–Trinajstić information content (AvgIpc) is 3.05. The van der Waals surface area contributed by atoms with E-state index in [1.807, 2.05) is 50.4 Å². The van der Waals surface area contributed by atoms with Gasteiger partial charge in [-0.2, -0.15) is 0 Å². The van der Waals surface area contributed by atoms with E-state index < -0.39 is 0 Å². The Balaban J connectivity index is 0.00000261. The highest BCUT2D eigenvalue weighted by molar-refractivity contribution is 7.21. The predicted molar refractivity (Wildman–Crippen MR) is 111 cm³/mol. The predicted octanol–water partition coefficient (Wildman–Crippen LogP) is 4.38. The minimum Gasteiger partial charge on any atom is -0.489 e. The van der Waals surface area contributed by atoms with E-state index in [1.165, 1.54) is 17.4 Å². The number of thiophene rings is 1. The zero-order valence-corrected chi connectivity index (χ0v) is 16.8. The first-order valence-electron chi connectivity index (χ1n) is 8.43. The van der Waals surface area contributed by atoms with Gasteiger partial charge in [0.15, 0.2) is 0 Å². The van der Waals surface area contributed by atoms with Crippen LogP contribution in [0.4, 0.5) is 4.39 Å². The number of nitrogens with one attached hydrogen (secondary N) is 2. The van der Waals surface area contributed by atoms with Crippen LogP contribution in [0.2, 0.25) is 0 Å². The van der Waals surface area contributed by atoms with E-state index in [1.54, 1.807) is 6.07 Å². The third-order valence-electron chi connectivity index (χ3n) is 4.16. The molecule has 7 heteroatoms. The van der Waals surface area contributed by atoms with Gasteiger partial charge in [-0.05, 0) is 38.2 Å². The molecule has 0 saturated carbocycles. The first-order valence-corrected chi connectivity index (χ1v) is 9.25. The van der Waals surface area contributed by atoms with Crippen LogP contribution in [-0.2, 0) is 6.61 Å². The molecule has 1 heterocycles. The van der Waals surface area contributed by atoms with Gasteiger partial charge in [0.05, 0.1) is 4.88 Å². The third-order valence-corrected chi connectivity index (χ3v) is 5.35. The van der Waals surface area contributed by atoms with Crippen molar-refractivity contribution >= 4 is 39.7 Å². The molecule has 0 fully saturated rings. The number of carbonyl (C=O) groups is 1. The van der Waals surface area contributed by atoms with E-state index in [4.69, 9.17) is 4.74 Å². The molecule has 0 aliphatic heterocycles. The molecule has 0 saturated heterocycles. The minimum absolute atomic E-state index is 0.